The predicted octanol–water partition coefficient (Wildman–Crippen LogP) is 7.53. The van der Waals surface area contributed by atoms with Crippen LogP contribution in [0.4, 0.5) is 37.7 Å². The SMILES string of the molecule is CC(C)(C)CNc1c(C#N)cnc2c(Cl)cc(N[C@H](C3=CN(C4(C(F)(F)F)CC4)NN3)c3cccc4[nH]c(C(F)(F)F)nc34)cc12. The molecule has 1 aliphatic carbocycles. The molecule has 1 aliphatic heterocycles. The van der Waals surface area contributed by atoms with E-state index in [0.29, 0.717) is 28.8 Å². The lowest BCUT2D eigenvalue weighted by molar-refractivity contribution is -0.195. The molecule has 2 aromatic carbocycles. The third-order valence-electron chi connectivity index (χ3n) is 7.89. The molecule has 1 atom stereocenters. The molecule has 3 heterocycles. The molecule has 2 aliphatic rings. The van der Waals surface area contributed by atoms with Gasteiger partial charge in [0, 0.05) is 35.6 Å². The quantitative estimate of drug-likeness (QED) is 0.129. The fourth-order valence-corrected chi connectivity index (χ4v) is 5.64. The van der Waals surface area contributed by atoms with Crippen LogP contribution in [-0.4, -0.2) is 38.2 Å². The number of pyridine rings is 1. The van der Waals surface area contributed by atoms with Crippen molar-refractivity contribution in [2.45, 2.75) is 57.5 Å². The number of H-pyrrole nitrogens is 1. The van der Waals surface area contributed by atoms with Crippen LogP contribution in [0.2, 0.25) is 5.02 Å². The molecule has 1 saturated carbocycles. The lowest BCUT2D eigenvalue weighted by Gasteiger charge is -2.28. The van der Waals surface area contributed by atoms with E-state index in [1.807, 2.05) is 20.8 Å². The van der Waals surface area contributed by atoms with Crippen LogP contribution in [0.15, 0.2) is 48.4 Å². The number of nitriles is 1. The minimum absolute atomic E-state index is 0.0294. The van der Waals surface area contributed by atoms with Crippen molar-refractivity contribution in [2.24, 2.45) is 5.41 Å². The number of benzene rings is 2. The molecule has 46 heavy (non-hydrogen) atoms. The van der Waals surface area contributed by atoms with Crippen molar-refractivity contribution in [2.75, 3.05) is 17.2 Å². The molecular weight excluding hydrogens is 636 g/mol. The number of hydrogen-bond donors (Lipinski definition) is 5. The third kappa shape index (κ3) is 5.71. The first-order valence-corrected chi connectivity index (χ1v) is 14.6. The maximum absolute atomic E-state index is 14.0. The summed E-state index contributed by atoms with van der Waals surface area (Å²) in [6, 6.07) is 8.81. The Hall–Kier alpha value is -4.42. The standard InChI is InChI=1S/C30H28ClF6N9/c1-27(2,3)14-40-22-15(11-38)12-39-23-18(22)9-16(10-19(23)31)41-25(21-13-46(45-44-21)28(7-8-28)30(35,36)37)17-5-4-6-20-24(17)43-26(42-20)29(32,33)34/h4-6,9-10,12-13,25,41,44-45H,7-8,14H2,1-3H3,(H,39,40)(H,42,43)/t25-/m0/s1. The number of nitrogens with one attached hydrogen (secondary N) is 5. The molecule has 1 fully saturated rings. The second-order valence-corrected chi connectivity index (χ2v) is 13.0. The van der Waals surface area contributed by atoms with Gasteiger partial charge in [0.15, 0.2) is 5.54 Å². The minimum atomic E-state index is -4.76. The van der Waals surface area contributed by atoms with Crippen LogP contribution in [0, 0.1) is 16.7 Å². The van der Waals surface area contributed by atoms with Crippen LogP contribution in [0.25, 0.3) is 21.9 Å². The van der Waals surface area contributed by atoms with E-state index in [-0.39, 0.29) is 51.1 Å². The van der Waals surface area contributed by atoms with Crippen molar-refractivity contribution in [3.63, 3.8) is 0 Å². The summed E-state index contributed by atoms with van der Waals surface area (Å²) in [5.74, 6) is -1.21. The molecule has 6 rings (SSSR count). The zero-order valence-electron chi connectivity index (χ0n) is 24.7. The fourth-order valence-electron chi connectivity index (χ4n) is 5.37. The summed E-state index contributed by atoms with van der Waals surface area (Å²) in [5.41, 5.74) is 5.07. The van der Waals surface area contributed by atoms with E-state index in [0.717, 1.165) is 5.01 Å². The highest BCUT2D eigenvalue weighted by molar-refractivity contribution is 6.35. The van der Waals surface area contributed by atoms with Crippen LogP contribution in [-0.2, 0) is 6.18 Å². The summed E-state index contributed by atoms with van der Waals surface area (Å²) in [6.45, 7) is 6.55. The Kier molecular flexibility index (Phi) is 7.44. The van der Waals surface area contributed by atoms with Crippen LogP contribution in [0.1, 0.15) is 56.6 Å². The average Bonchev–Trinajstić information content (AvgIpc) is 3.43. The molecule has 0 saturated heterocycles. The highest BCUT2D eigenvalue weighted by atomic mass is 35.5. The van der Waals surface area contributed by atoms with Crippen LogP contribution in [0.3, 0.4) is 0 Å². The molecule has 0 spiro atoms. The fraction of sp³-hybridized carbons (Fsp3) is 0.367. The van der Waals surface area contributed by atoms with E-state index in [1.165, 1.54) is 30.6 Å². The van der Waals surface area contributed by atoms with E-state index >= 15 is 0 Å². The number of nitrogens with zero attached hydrogens (tertiary/aromatic N) is 4. The number of anilines is 2. The highest BCUT2D eigenvalue weighted by Crippen LogP contribution is 2.54. The summed E-state index contributed by atoms with van der Waals surface area (Å²) >= 11 is 6.67. The smallest absolute Gasteiger partial charge is 0.383 e. The average molecular weight is 664 g/mol. The van der Waals surface area contributed by atoms with Crippen molar-refractivity contribution < 1.29 is 26.3 Å². The lowest BCUT2D eigenvalue weighted by Crippen LogP contribution is -2.52. The molecule has 5 N–H and O–H groups in total. The lowest BCUT2D eigenvalue weighted by atomic mass is 9.96. The largest absolute Gasteiger partial charge is 0.449 e. The number of fused-ring (bicyclic) bond motifs is 2. The van der Waals surface area contributed by atoms with Gasteiger partial charge in [0.05, 0.1) is 44.6 Å². The van der Waals surface area contributed by atoms with Crippen molar-refractivity contribution >= 4 is 44.9 Å². The van der Waals surface area contributed by atoms with Crippen LogP contribution >= 0.6 is 11.6 Å². The Morgan fingerprint density at radius 2 is 1.85 bits per heavy atom. The number of rotatable bonds is 7. The topological polar surface area (TPSA) is 117 Å². The Balaban J connectivity index is 1.48. The molecule has 242 valence electrons. The van der Waals surface area contributed by atoms with Gasteiger partial charge in [-0.05, 0) is 36.5 Å². The Bertz CT molecular complexity index is 1900. The van der Waals surface area contributed by atoms with Crippen molar-refractivity contribution in [1.82, 2.24) is 30.9 Å². The normalized spacial score (nSPS) is 17.1. The number of hydrazine groups is 2. The first kappa shape index (κ1) is 31.6. The molecule has 4 aromatic rings. The molecule has 9 nitrogen and oxygen atoms in total. The molecule has 0 radical (unpaired) electrons. The number of para-hydroxylation sites is 1. The van der Waals surface area contributed by atoms with E-state index in [4.69, 9.17) is 11.6 Å². The summed E-state index contributed by atoms with van der Waals surface area (Å²) < 4.78 is 82.8. The molecule has 2 aromatic heterocycles. The third-order valence-corrected chi connectivity index (χ3v) is 8.18. The van der Waals surface area contributed by atoms with Gasteiger partial charge in [0.2, 0.25) is 5.82 Å². The zero-order valence-corrected chi connectivity index (χ0v) is 25.4. The van der Waals surface area contributed by atoms with Gasteiger partial charge >= 0.3 is 12.4 Å². The van der Waals surface area contributed by atoms with E-state index in [1.54, 1.807) is 12.1 Å². The molecule has 0 bridgehead atoms. The Labute approximate surface area is 263 Å². The van der Waals surface area contributed by atoms with Crippen LogP contribution < -0.4 is 21.6 Å². The van der Waals surface area contributed by atoms with Gasteiger partial charge in [0.1, 0.15) is 6.07 Å². The van der Waals surface area contributed by atoms with Crippen molar-refractivity contribution in [1.29, 1.82) is 5.26 Å². The summed E-state index contributed by atoms with van der Waals surface area (Å²) in [4.78, 5) is 10.5. The number of aromatic amines is 1. The zero-order chi connectivity index (χ0) is 33.2. The molecule has 0 unspecified atom stereocenters. The van der Waals surface area contributed by atoms with Gasteiger partial charge in [-0.15, -0.1) is 5.53 Å². The first-order chi connectivity index (χ1) is 21.5. The number of halogens is 7. The van der Waals surface area contributed by atoms with Gasteiger partial charge in [-0.25, -0.2) is 4.98 Å². The first-order valence-electron chi connectivity index (χ1n) is 14.2. The number of hydrogen-bond acceptors (Lipinski definition) is 8. The van der Waals surface area contributed by atoms with Gasteiger partial charge in [-0.3, -0.25) is 9.99 Å². The Morgan fingerprint density at radius 1 is 1.11 bits per heavy atom. The van der Waals surface area contributed by atoms with E-state index in [2.05, 4.69) is 42.6 Å². The predicted molar refractivity (Wildman–Crippen MR) is 161 cm³/mol. The monoisotopic (exact) mass is 663 g/mol. The van der Waals surface area contributed by atoms with Gasteiger partial charge < -0.3 is 21.0 Å². The minimum Gasteiger partial charge on any atom is -0.383 e. The molecule has 16 heteroatoms. The van der Waals surface area contributed by atoms with Gasteiger partial charge in [-0.2, -0.15) is 31.6 Å². The Morgan fingerprint density at radius 3 is 2.48 bits per heavy atom. The van der Waals surface area contributed by atoms with E-state index < -0.39 is 29.8 Å². The van der Waals surface area contributed by atoms with Crippen LogP contribution in [0.5, 0.6) is 0 Å². The highest BCUT2D eigenvalue weighted by Gasteiger charge is 2.67. The van der Waals surface area contributed by atoms with Gasteiger partial charge in [-0.1, -0.05) is 44.5 Å². The van der Waals surface area contributed by atoms with Gasteiger partial charge in [0.25, 0.3) is 0 Å². The molecule has 0 amide bonds. The number of aromatic nitrogens is 3. The summed E-state index contributed by atoms with van der Waals surface area (Å²) in [7, 11) is 0. The summed E-state index contributed by atoms with van der Waals surface area (Å²) in [6.07, 6.45) is -6.89. The summed E-state index contributed by atoms with van der Waals surface area (Å²) in [5, 5.41) is 18.0. The maximum Gasteiger partial charge on any atom is 0.449 e. The van der Waals surface area contributed by atoms with Crippen molar-refractivity contribution in [3.8, 4) is 6.07 Å². The second-order valence-electron chi connectivity index (χ2n) is 12.6. The second kappa shape index (κ2) is 10.8. The number of imidazole rings is 1. The maximum atomic E-state index is 14.0. The van der Waals surface area contributed by atoms with Crippen molar-refractivity contribution in [3.05, 3.63) is 70.4 Å². The number of alkyl halides is 6. The molecular formula is C30H28ClF6N9. The van der Waals surface area contributed by atoms with E-state index in [9.17, 15) is 31.6 Å².